The molecule has 0 radical (unpaired) electrons. The van der Waals surface area contributed by atoms with Crippen molar-refractivity contribution in [2.45, 2.75) is 44.6 Å². The lowest BCUT2D eigenvalue weighted by Crippen LogP contribution is -2.41. The highest BCUT2D eigenvalue weighted by Gasteiger charge is 2.35. The number of amides is 1. The van der Waals surface area contributed by atoms with Crippen LogP contribution in [0.15, 0.2) is 46.7 Å². The Morgan fingerprint density at radius 1 is 1.10 bits per heavy atom. The van der Waals surface area contributed by atoms with Crippen molar-refractivity contribution < 1.29 is 13.9 Å². The number of ether oxygens (including phenoxy) is 1. The molecule has 1 unspecified atom stereocenters. The van der Waals surface area contributed by atoms with E-state index in [0.29, 0.717) is 23.6 Å². The molecule has 2 fully saturated rings. The molecule has 2 aliphatic heterocycles. The van der Waals surface area contributed by atoms with Gasteiger partial charge in [-0.15, -0.1) is 0 Å². The Bertz CT molecular complexity index is 985. The van der Waals surface area contributed by atoms with Crippen LogP contribution in [0.5, 0.6) is 0 Å². The Labute approximate surface area is 170 Å². The van der Waals surface area contributed by atoms with Gasteiger partial charge in [0.25, 0.3) is 0 Å². The smallest absolute Gasteiger partial charge is 0.225 e. The maximum Gasteiger partial charge on any atom is 0.225 e. The second-order valence-electron chi connectivity index (χ2n) is 8.58. The molecule has 0 aromatic heterocycles. The summed E-state index contributed by atoms with van der Waals surface area (Å²) in [7, 11) is 0. The maximum absolute atomic E-state index is 14.1. The van der Waals surface area contributed by atoms with E-state index in [1.54, 1.807) is 6.07 Å². The van der Waals surface area contributed by atoms with Crippen molar-refractivity contribution in [3.05, 3.63) is 58.1 Å². The third kappa shape index (κ3) is 4.00. The molecule has 4 aliphatic rings. The van der Waals surface area contributed by atoms with Crippen LogP contribution in [0.2, 0.25) is 0 Å². The molecule has 5 heteroatoms. The standard InChI is InChI=1S/C24H27FN2O2/c25-22-2-1-3-23-21(22)14-18(15-26-23)16-6-8-19(9-7-16)29-20-10-12-27(13-11-20)24(28)17-4-5-17/h1-3,6,8,14,17-18,20H,4-5,7,9-13,15H2. The summed E-state index contributed by atoms with van der Waals surface area (Å²) in [5.74, 6) is 1.65. The molecule has 1 saturated carbocycles. The molecule has 2 aliphatic carbocycles. The zero-order valence-electron chi connectivity index (χ0n) is 16.6. The third-order valence-corrected chi connectivity index (χ3v) is 6.47. The van der Waals surface area contributed by atoms with Gasteiger partial charge in [0.1, 0.15) is 11.9 Å². The van der Waals surface area contributed by atoms with E-state index in [4.69, 9.17) is 4.74 Å². The largest absolute Gasteiger partial charge is 0.495 e. The molecule has 152 valence electrons. The average molecular weight is 394 g/mol. The van der Waals surface area contributed by atoms with Gasteiger partial charge in [-0.3, -0.25) is 9.79 Å². The lowest BCUT2D eigenvalue weighted by Gasteiger charge is -2.33. The topological polar surface area (TPSA) is 41.9 Å². The van der Waals surface area contributed by atoms with E-state index in [1.165, 1.54) is 11.6 Å². The summed E-state index contributed by atoms with van der Waals surface area (Å²) in [5.41, 5.74) is 1.29. The van der Waals surface area contributed by atoms with E-state index in [-0.39, 0.29) is 17.8 Å². The summed E-state index contributed by atoms with van der Waals surface area (Å²) in [6.07, 6.45) is 12.2. The summed E-state index contributed by atoms with van der Waals surface area (Å²) in [4.78, 5) is 18.8. The van der Waals surface area contributed by atoms with Gasteiger partial charge in [0.15, 0.2) is 0 Å². The molecule has 5 rings (SSSR count). The molecule has 0 N–H and O–H groups in total. The van der Waals surface area contributed by atoms with Crippen LogP contribution >= 0.6 is 0 Å². The highest BCUT2D eigenvalue weighted by molar-refractivity contribution is 5.81. The number of halogens is 1. The second-order valence-corrected chi connectivity index (χ2v) is 8.58. The molecule has 1 amide bonds. The minimum atomic E-state index is -0.196. The van der Waals surface area contributed by atoms with Gasteiger partial charge >= 0.3 is 0 Å². The second kappa shape index (κ2) is 7.77. The number of carbonyl (C=O) groups is 1. The van der Waals surface area contributed by atoms with E-state index >= 15 is 0 Å². The van der Waals surface area contributed by atoms with Gasteiger partial charge in [-0.1, -0.05) is 23.8 Å². The van der Waals surface area contributed by atoms with Crippen LogP contribution in [0.3, 0.4) is 0 Å². The first-order valence-corrected chi connectivity index (χ1v) is 10.8. The predicted octanol–water partition coefficient (Wildman–Crippen LogP) is 2.88. The van der Waals surface area contributed by atoms with Gasteiger partial charge in [-0.05, 0) is 37.5 Å². The fraction of sp³-hybridized carbons (Fsp3) is 0.500. The van der Waals surface area contributed by atoms with Gasteiger partial charge in [0.05, 0.1) is 11.1 Å². The summed E-state index contributed by atoms with van der Waals surface area (Å²) in [6.45, 7) is 2.32. The van der Waals surface area contributed by atoms with Gasteiger partial charge in [0.2, 0.25) is 5.91 Å². The summed E-state index contributed by atoms with van der Waals surface area (Å²) in [6, 6.07) is 5.08. The lowest BCUT2D eigenvalue weighted by atomic mass is 9.89. The van der Waals surface area contributed by atoms with Crippen LogP contribution < -0.4 is 10.6 Å². The van der Waals surface area contributed by atoms with Gasteiger partial charge < -0.3 is 9.64 Å². The third-order valence-electron chi connectivity index (χ3n) is 6.47. The fourth-order valence-electron chi connectivity index (χ4n) is 4.54. The molecule has 1 atom stereocenters. The molecule has 1 saturated heterocycles. The Hall–Kier alpha value is -2.43. The van der Waals surface area contributed by atoms with Crippen molar-refractivity contribution in [1.29, 1.82) is 0 Å². The maximum atomic E-state index is 14.1. The van der Waals surface area contributed by atoms with Crippen LogP contribution in [0.25, 0.3) is 6.08 Å². The van der Waals surface area contributed by atoms with Crippen molar-refractivity contribution >= 4 is 12.0 Å². The van der Waals surface area contributed by atoms with Gasteiger partial charge in [-0.25, -0.2) is 4.39 Å². The van der Waals surface area contributed by atoms with Gasteiger partial charge in [0, 0.05) is 56.0 Å². The Morgan fingerprint density at radius 2 is 1.93 bits per heavy atom. The highest BCUT2D eigenvalue weighted by Crippen LogP contribution is 2.33. The quantitative estimate of drug-likeness (QED) is 0.788. The van der Waals surface area contributed by atoms with Gasteiger partial charge in [-0.2, -0.15) is 0 Å². The monoisotopic (exact) mass is 394 g/mol. The summed E-state index contributed by atoms with van der Waals surface area (Å²) < 4.78 is 20.3. The first-order chi connectivity index (χ1) is 14.2. The summed E-state index contributed by atoms with van der Waals surface area (Å²) in [5, 5.41) is 1.38. The fourth-order valence-corrected chi connectivity index (χ4v) is 4.54. The number of piperidine rings is 1. The zero-order valence-corrected chi connectivity index (χ0v) is 16.6. The number of hydrogen-bond donors (Lipinski definition) is 0. The molecular weight excluding hydrogens is 367 g/mol. The number of fused-ring (bicyclic) bond motifs is 1. The number of allylic oxidation sites excluding steroid dienone is 3. The van der Waals surface area contributed by atoms with Crippen LogP contribution in [-0.4, -0.2) is 36.5 Å². The van der Waals surface area contributed by atoms with Crippen molar-refractivity contribution in [2.75, 3.05) is 19.6 Å². The number of benzene rings is 1. The molecule has 29 heavy (non-hydrogen) atoms. The minimum absolute atomic E-state index is 0.161. The molecule has 4 nitrogen and oxygen atoms in total. The minimum Gasteiger partial charge on any atom is -0.495 e. The highest BCUT2D eigenvalue weighted by atomic mass is 19.1. The van der Waals surface area contributed by atoms with Crippen molar-refractivity contribution in [3.63, 3.8) is 0 Å². The van der Waals surface area contributed by atoms with Crippen molar-refractivity contribution in [3.8, 4) is 0 Å². The Morgan fingerprint density at radius 3 is 2.66 bits per heavy atom. The molecule has 0 spiro atoms. The predicted molar refractivity (Wildman–Crippen MR) is 109 cm³/mol. The molecule has 1 aromatic rings. The SMILES string of the molecule is O=C(C1CC1)N1CCC(OC2=CC=C(C3C=c4c(F)cccc4=NC3)CC2)CC1. The molecule has 2 heterocycles. The lowest BCUT2D eigenvalue weighted by molar-refractivity contribution is -0.134. The van der Waals surface area contributed by atoms with Crippen molar-refractivity contribution in [2.24, 2.45) is 16.8 Å². The van der Waals surface area contributed by atoms with E-state index in [0.717, 1.165) is 62.7 Å². The average Bonchev–Trinajstić information content (AvgIpc) is 3.60. The normalized spacial score (nSPS) is 24.6. The zero-order chi connectivity index (χ0) is 19.8. The van der Waals surface area contributed by atoms with Crippen molar-refractivity contribution in [1.82, 2.24) is 4.90 Å². The summed E-state index contributed by atoms with van der Waals surface area (Å²) >= 11 is 0. The number of nitrogens with zero attached hydrogens (tertiary/aromatic N) is 2. The first kappa shape index (κ1) is 18.6. The number of carbonyl (C=O) groups excluding carboxylic acids is 1. The number of hydrogen-bond acceptors (Lipinski definition) is 3. The molecule has 0 bridgehead atoms. The van der Waals surface area contributed by atoms with Crippen LogP contribution in [0.4, 0.5) is 4.39 Å². The van der Waals surface area contributed by atoms with E-state index in [2.05, 4.69) is 17.1 Å². The molecule has 1 aromatic carbocycles. The Kier molecular flexibility index (Phi) is 4.98. The van der Waals surface area contributed by atoms with E-state index in [9.17, 15) is 9.18 Å². The van der Waals surface area contributed by atoms with Crippen LogP contribution in [0, 0.1) is 17.7 Å². The van der Waals surface area contributed by atoms with Crippen LogP contribution in [-0.2, 0) is 9.53 Å². The Balaban J connectivity index is 1.19. The number of likely N-dealkylation sites (tertiary alicyclic amines) is 1. The first-order valence-electron chi connectivity index (χ1n) is 10.8. The van der Waals surface area contributed by atoms with E-state index < -0.39 is 0 Å². The number of rotatable bonds is 4. The molecular formula is C24H27FN2O2. The van der Waals surface area contributed by atoms with E-state index in [1.807, 2.05) is 17.0 Å². The van der Waals surface area contributed by atoms with Crippen LogP contribution in [0.1, 0.15) is 38.5 Å².